The molecule has 2 aliphatic heterocycles. The van der Waals surface area contributed by atoms with Crippen molar-refractivity contribution < 1.29 is 9.53 Å². The summed E-state index contributed by atoms with van der Waals surface area (Å²) in [6.45, 7) is 3.85. The van der Waals surface area contributed by atoms with Gasteiger partial charge in [-0.05, 0) is 12.1 Å². The van der Waals surface area contributed by atoms with Gasteiger partial charge in [0.2, 0.25) is 0 Å². The minimum atomic E-state index is -0.320. The van der Waals surface area contributed by atoms with E-state index in [0.717, 1.165) is 17.0 Å². The third kappa shape index (κ3) is 2.46. The summed E-state index contributed by atoms with van der Waals surface area (Å²) in [5.74, 6) is -0.320. The molecule has 0 radical (unpaired) electrons. The van der Waals surface area contributed by atoms with Crippen molar-refractivity contribution in [3.63, 3.8) is 0 Å². The van der Waals surface area contributed by atoms with Crippen molar-refractivity contribution in [2.24, 2.45) is 4.99 Å². The molecule has 0 spiro atoms. The zero-order valence-electron chi connectivity index (χ0n) is 12.1. The number of rotatable bonds is 3. The molecular formula is C17H15ClN2O2. The summed E-state index contributed by atoms with van der Waals surface area (Å²) >= 11 is 5.91. The van der Waals surface area contributed by atoms with E-state index >= 15 is 0 Å². The molecule has 0 N–H and O–H groups in total. The van der Waals surface area contributed by atoms with E-state index in [1.54, 1.807) is 6.21 Å². The van der Waals surface area contributed by atoms with Crippen LogP contribution in [0.25, 0.3) is 5.70 Å². The first-order chi connectivity index (χ1) is 10.6. The van der Waals surface area contributed by atoms with Crippen molar-refractivity contribution in [2.75, 3.05) is 7.11 Å². The van der Waals surface area contributed by atoms with Crippen LogP contribution in [-0.2, 0) is 9.53 Å². The van der Waals surface area contributed by atoms with Crippen molar-refractivity contribution in [3.05, 3.63) is 65.0 Å². The average molecular weight is 315 g/mol. The van der Waals surface area contributed by atoms with Crippen molar-refractivity contribution in [1.82, 2.24) is 4.90 Å². The van der Waals surface area contributed by atoms with Gasteiger partial charge in [0.05, 0.1) is 36.3 Å². The average Bonchev–Trinajstić information content (AvgIpc) is 2.92. The number of ether oxygens (including phenoxy) is 1. The maximum absolute atomic E-state index is 11.9. The van der Waals surface area contributed by atoms with Crippen LogP contribution in [0.5, 0.6) is 0 Å². The first-order valence-corrected chi connectivity index (χ1v) is 7.26. The lowest BCUT2D eigenvalue weighted by molar-refractivity contribution is -0.136. The highest BCUT2D eigenvalue weighted by atomic mass is 35.5. The standard InChI is InChI=1S/C17H15ClN2O2/c1-3-13-8-14(17(21)22-2)16-9-19-15(10-20(13)16)11-4-6-12(18)7-5-11/h3-7,9-10,13H,1,8H2,2H3/t13-/m0/s1. The second kappa shape index (κ2) is 5.81. The maximum atomic E-state index is 11.9. The third-order valence-corrected chi connectivity index (χ3v) is 4.04. The number of fused-ring (bicyclic) bond motifs is 1. The molecule has 3 rings (SSSR count). The fraction of sp³-hybridized carbons (Fsp3) is 0.176. The summed E-state index contributed by atoms with van der Waals surface area (Å²) in [6.07, 6.45) is 6.04. The Morgan fingerprint density at radius 3 is 2.82 bits per heavy atom. The van der Waals surface area contributed by atoms with Gasteiger partial charge in [-0.25, -0.2) is 4.79 Å². The summed E-state index contributed by atoms with van der Waals surface area (Å²) in [5.41, 5.74) is 3.18. The van der Waals surface area contributed by atoms with Crippen LogP contribution in [0.3, 0.4) is 0 Å². The number of nitrogens with zero attached hydrogens (tertiary/aromatic N) is 2. The van der Waals surface area contributed by atoms with Gasteiger partial charge in [-0.1, -0.05) is 29.8 Å². The molecule has 112 valence electrons. The van der Waals surface area contributed by atoms with Crippen molar-refractivity contribution in [2.45, 2.75) is 12.5 Å². The summed E-state index contributed by atoms with van der Waals surface area (Å²) in [7, 11) is 1.39. The minimum Gasteiger partial charge on any atom is -0.466 e. The Hall–Kier alpha value is -2.33. The Labute approximate surface area is 134 Å². The molecule has 0 saturated carbocycles. The normalized spacial score (nSPS) is 19.8. The fourth-order valence-electron chi connectivity index (χ4n) is 2.63. The number of aliphatic imine (C=N–C) groups is 1. The molecule has 4 nitrogen and oxygen atoms in total. The lowest BCUT2D eigenvalue weighted by Gasteiger charge is -2.25. The SMILES string of the molecule is C=C[C@H]1CC(C(=O)OC)=C2C=NC(c3ccc(Cl)cc3)=CN21. The van der Waals surface area contributed by atoms with Crippen LogP contribution in [0.2, 0.25) is 5.02 Å². The molecule has 0 bridgehead atoms. The molecule has 0 aliphatic carbocycles. The highest BCUT2D eigenvalue weighted by molar-refractivity contribution is 6.30. The molecule has 0 aromatic heterocycles. The summed E-state index contributed by atoms with van der Waals surface area (Å²) in [5, 5.41) is 0.683. The van der Waals surface area contributed by atoms with Crippen molar-refractivity contribution >= 4 is 29.5 Å². The van der Waals surface area contributed by atoms with Crippen LogP contribution in [0, 0.1) is 0 Å². The number of methoxy groups -OCH3 is 1. The second-order valence-corrected chi connectivity index (χ2v) is 5.49. The number of hydrogen-bond acceptors (Lipinski definition) is 4. The Morgan fingerprint density at radius 2 is 2.18 bits per heavy atom. The highest BCUT2D eigenvalue weighted by Crippen LogP contribution is 2.34. The van der Waals surface area contributed by atoms with Gasteiger partial charge in [0.15, 0.2) is 0 Å². The van der Waals surface area contributed by atoms with Gasteiger partial charge in [-0.2, -0.15) is 0 Å². The van der Waals surface area contributed by atoms with Gasteiger partial charge in [0.25, 0.3) is 0 Å². The molecule has 1 atom stereocenters. The number of carbonyl (C=O) groups is 1. The topological polar surface area (TPSA) is 41.9 Å². The number of allylic oxidation sites excluding steroid dienone is 1. The van der Waals surface area contributed by atoms with Gasteiger partial charge in [0.1, 0.15) is 0 Å². The number of benzene rings is 1. The molecule has 22 heavy (non-hydrogen) atoms. The number of halogens is 1. The monoisotopic (exact) mass is 314 g/mol. The molecule has 2 heterocycles. The van der Waals surface area contributed by atoms with E-state index in [1.165, 1.54) is 7.11 Å². The van der Waals surface area contributed by atoms with Gasteiger partial charge in [-0.15, -0.1) is 6.58 Å². The molecule has 0 unspecified atom stereocenters. The Kier molecular flexibility index (Phi) is 3.86. The molecule has 1 aromatic carbocycles. The number of esters is 1. The Morgan fingerprint density at radius 1 is 1.45 bits per heavy atom. The van der Waals surface area contributed by atoms with Gasteiger partial charge in [-0.3, -0.25) is 4.99 Å². The number of hydrogen-bond donors (Lipinski definition) is 0. The van der Waals surface area contributed by atoms with E-state index in [1.807, 2.05) is 41.4 Å². The van der Waals surface area contributed by atoms with Gasteiger partial charge in [0, 0.05) is 23.2 Å². The van der Waals surface area contributed by atoms with Crippen LogP contribution in [0.4, 0.5) is 0 Å². The smallest absolute Gasteiger partial charge is 0.335 e. The second-order valence-electron chi connectivity index (χ2n) is 5.05. The van der Waals surface area contributed by atoms with Crippen molar-refractivity contribution in [3.8, 4) is 0 Å². The van der Waals surface area contributed by atoms with E-state index in [0.29, 0.717) is 17.0 Å². The molecule has 5 heteroatoms. The summed E-state index contributed by atoms with van der Waals surface area (Å²) in [6, 6.07) is 7.51. The van der Waals surface area contributed by atoms with Crippen molar-refractivity contribution in [1.29, 1.82) is 0 Å². The van der Waals surface area contributed by atoms with Crippen LogP contribution >= 0.6 is 11.6 Å². The highest BCUT2D eigenvalue weighted by Gasteiger charge is 2.33. The predicted molar refractivity (Wildman–Crippen MR) is 87.4 cm³/mol. The van der Waals surface area contributed by atoms with Crippen LogP contribution in [-0.4, -0.2) is 30.2 Å². The minimum absolute atomic E-state index is 0.0261. The quantitative estimate of drug-likeness (QED) is 0.634. The van der Waals surface area contributed by atoms with Crippen LogP contribution in [0.15, 0.2) is 59.4 Å². The molecule has 0 amide bonds. The van der Waals surface area contributed by atoms with E-state index in [-0.39, 0.29) is 12.0 Å². The van der Waals surface area contributed by atoms with Gasteiger partial charge < -0.3 is 9.64 Å². The van der Waals surface area contributed by atoms with E-state index in [2.05, 4.69) is 11.6 Å². The molecular weight excluding hydrogens is 300 g/mol. The summed E-state index contributed by atoms with van der Waals surface area (Å²) in [4.78, 5) is 18.4. The first kappa shape index (κ1) is 14.6. The first-order valence-electron chi connectivity index (χ1n) is 6.88. The zero-order valence-corrected chi connectivity index (χ0v) is 12.9. The number of carbonyl (C=O) groups excluding carboxylic acids is 1. The molecule has 0 saturated heterocycles. The van der Waals surface area contributed by atoms with E-state index < -0.39 is 0 Å². The molecule has 1 aromatic rings. The Balaban J connectivity index is 1.99. The largest absolute Gasteiger partial charge is 0.466 e. The van der Waals surface area contributed by atoms with Crippen LogP contribution in [0.1, 0.15) is 12.0 Å². The van der Waals surface area contributed by atoms with E-state index in [4.69, 9.17) is 16.3 Å². The molecule has 2 aliphatic rings. The maximum Gasteiger partial charge on any atom is 0.335 e. The van der Waals surface area contributed by atoms with E-state index in [9.17, 15) is 4.79 Å². The lowest BCUT2D eigenvalue weighted by Crippen LogP contribution is -2.25. The van der Waals surface area contributed by atoms with Crippen LogP contribution < -0.4 is 0 Å². The lowest BCUT2D eigenvalue weighted by atomic mass is 10.1. The third-order valence-electron chi connectivity index (χ3n) is 3.79. The zero-order chi connectivity index (χ0) is 15.7. The summed E-state index contributed by atoms with van der Waals surface area (Å²) < 4.78 is 4.85. The fourth-order valence-corrected chi connectivity index (χ4v) is 2.76. The Bertz CT molecular complexity index is 717. The predicted octanol–water partition coefficient (Wildman–Crippen LogP) is 3.41. The van der Waals surface area contributed by atoms with Gasteiger partial charge >= 0.3 is 5.97 Å². The molecule has 0 fully saturated rings.